The van der Waals surface area contributed by atoms with E-state index >= 15 is 0 Å². The van der Waals surface area contributed by atoms with Crippen molar-refractivity contribution in [3.8, 4) is 17.1 Å². The fourth-order valence-corrected chi connectivity index (χ4v) is 2.23. The van der Waals surface area contributed by atoms with Crippen LogP contribution in [0, 0.1) is 0 Å². The summed E-state index contributed by atoms with van der Waals surface area (Å²) < 4.78 is 2.05. The molecule has 4 nitrogen and oxygen atoms in total. The van der Waals surface area contributed by atoms with Crippen LogP contribution in [0.25, 0.3) is 17.1 Å². The highest BCUT2D eigenvalue weighted by molar-refractivity contribution is 5.62. The van der Waals surface area contributed by atoms with Crippen LogP contribution in [-0.2, 0) is 0 Å². The lowest BCUT2D eigenvalue weighted by Gasteiger charge is -2.07. The zero-order valence-electron chi connectivity index (χ0n) is 11.6. The number of hydrogen-bond donors (Lipinski definition) is 2. The van der Waals surface area contributed by atoms with Crippen molar-refractivity contribution >= 4 is 5.82 Å². The van der Waals surface area contributed by atoms with E-state index < -0.39 is 0 Å². The minimum absolute atomic E-state index is 0.0822. The van der Waals surface area contributed by atoms with Crippen molar-refractivity contribution in [2.45, 2.75) is 0 Å². The molecule has 106 valence electrons. The SMILES string of the molecule is OCCNc1cn(-c2ccccc2)c(-c2ccccc2)n1. The Morgan fingerprint density at radius 3 is 2.29 bits per heavy atom. The zero-order valence-corrected chi connectivity index (χ0v) is 11.6. The van der Waals surface area contributed by atoms with Crippen LogP contribution in [0.1, 0.15) is 0 Å². The summed E-state index contributed by atoms with van der Waals surface area (Å²) in [4.78, 5) is 4.64. The molecule has 0 aliphatic heterocycles. The van der Waals surface area contributed by atoms with Crippen LogP contribution in [0.15, 0.2) is 66.9 Å². The van der Waals surface area contributed by atoms with Gasteiger partial charge in [-0.3, -0.25) is 4.57 Å². The number of benzene rings is 2. The molecule has 0 bridgehead atoms. The lowest BCUT2D eigenvalue weighted by atomic mass is 10.2. The molecule has 1 heterocycles. The average Bonchev–Trinajstić information content (AvgIpc) is 2.99. The maximum atomic E-state index is 8.94. The largest absolute Gasteiger partial charge is 0.395 e. The maximum Gasteiger partial charge on any atom is 0.147 e. The number of nitrogens with zero attached hydrogens (tertiary/aromatic N) is 2. The third-order valence-electron chi connectivity index (χ3n) is 3.19. The third-order valence-corrected chi connectivity index (χ3v) is 3.19. The van der Waals surface area contributed by atoms with Crippen LogP contribution in [0.2, 0.25) is 0 Å². The second-order valence-corrected chi connectivity index (χ2v) is 4.67. The molecule has 3 rings (SSSR count). The van der Waals surface area contributed by atoms with Crippen molar-refractivity contribution < 1.29 is 5.11 Å². The van der Waals surface area contributed by atoms with Gasteiger partial charge in [0.15, 0.2) is 0 Å². The second kappa shape index (κ2) is 6.24. The topological polar surface area (TPSA) is 50.1 Å². The molecule has 0 aliphatic carbocycles. The lowest BCUT2D eigenvalue weighted by Crippen LogP contribution is -2.05. The zero-order chi connectivity index (χ0) is 14.5. The van der Waals surface area contributed by atoms with E-state index in [1.54, 1.807) is 0 Å². The number of aliphatic hydroxyl groups is 1. The summed E-state index contributed by atoms with van der Waals surface area (Å²) in [6.45, 7) is 0.568. The molecule has 2 N–H and O–H groups in total. The highest BCUT2D eigenvalue weighted by atomic mass is 16.3. The molecule has 0 amide bonds. The number of imidazole rings is 1. The predicted octanol–water partition coefficient (Wildman–Crippen LogP) is 2.94. The summed E-state index contributed by atoms with van der Waals surface area (Å²) in [5.74, 6) is 1.63. The molecule has 0 saturated carbocycles. The van der Waals surface area contributed by atoms with E-state index in [-0.39, 0.29) is 6.61 Å². The predicted molar refractivity (Wildman–Crippen MR) is 84.6 cm³/mol. The number of aromatic nitrogens is 2. The molecule has 2 aromatic carbocycles. The highest BCUT2D eigenvalue weighted by Gasteiger charge is 2.11. The van der Waals surface area contributed by atoms with Gasteiger partial charge in [-0.2, -0.15) is 0 Å². The Morgan fingerprint density at radius 2 is 1.62 bits per heavy atom. The number of rotatable bonds is 5. The summed E-state index contributed by atoms with van der Waals surface area (Å²) in [5.41, 5.74) is 2.11. The standard InChI is InChI=1S/C17H17N3O/c21-12-11-18-16-13-20(15-9-5-2-6-10-15)17(19-16)14-7-3-1-4-8-14/h1-10,13,18,21H,11-12H2. The molecule has 4 heteroatoms. The molecule has 3 aromatic rings. The average molecular weight is 279 g/mol. The Labute approximate surface area is 123 Å². The Morgan fingerprint density at radius 1 is 0.952 bits per heavy atom. The van der Waals surface area contributed by atoms with Crippen molar-refractivity contribution in [3.05, 3.63) is 66.9 Å². The van der Waals surface area contributed by atoms with E-state index in [0.29, 0.717) is 6.54 Å². The van der Waals surface area contributed by atoms with Crippen molar-refractivity contribution in [3.63, 3.8) is 0 Å². The van der Waals surface area contributed by atoms with Gasteiger partial charge in [0, 0.05) is 17.8 Å². The van der Waals surface area contributed by atoms with E-state index in [1.807, 2.05) is 66.9 Å². The van der Waals surface area contributed by atoms with Gasteiger partial charge in [-0.05, 0) is 12.1 Å². The van der Waals surface area contributed by atoms with Gasteiger partial charge in [-0.15, -0.1) is 0 Å². The number of hydrogen-bond acceptors (Lipinski definition) is 3. The molecule has 21 heavy (non-hydrogen) atoms. The van der Waals surface area contributed by atoms with Gasteiger partial charge in [-0.1, -0.05) is 48.5 Å². The molecule has 0 atom stereocenters. The van der Waals surface area contributed by atoms with E-state index in [4.69, 9.17) is 5.11 Å². The first-order valence-electron chi connectivity index (χ1n) is 6.93. The van der Waals surface area contributed by atoms with Gasteiger partial charge in [0.1, 0.15) is 11.6 Å². The molecular formula is C17H17N3O. The molecule has 1 aromatic heterocycles. The van der Waals surface area contributed by atoms with Crippen molar-refractivity contribution in [1.82, 2.24) is 9.55 Å². The summed E-state index contributed by atoms with van der Waals surface area (Å²) in [5, 5.41) is 12.1. The Balaban J connectivity index is 2.06. The van der Waals surface area contributed by atoms with Crippen LogP contribution >= 0.6 is 0 Å². The first-order valence-corrected chi connectivity index (χ1v) is 6.93. The molecule has 0 fully saturated rings. The number of para-hydroxylation sites is 1. The molecular weight excluding hydrogens is 262 g/mol. The fourth-order valence-electron chi connectivity index (χ4n) is 2.23. The van der Waals surface area contributed by atoms with Gasteiger partial charge in [-0.25, -0.2) is 4.98 Å². The van der Waals surface area contributed by atoms with Crippen molar-refractivity contribution in [1.29, 1.82) is 0 Å². The molecule has 0 aliphatic rings. The van der Waals surface area contributed by atoms with Crippen molar-refractivity contribution in [2.75, 3.05) is 18.5 Å². The van der Waals surface area contributed by atoms with Gasteiger partial charge < -0.3 is 10.4 Å². The van der Waals surface area contributed by atoms with E-state index in [1.165, 1.54) is 0 Å². The third kappa shape index (κ3) is 2.95. The van der Waals surface area contributed by atoms with Crippen LogP contribution in [0.5, 0.6) is 0 Å². The summed E-state index contributed by atoms with van der Waals surface area (Å²) >= 11 is 0. The van der Waals surface area contributed by atoms with Crippen LogP contribution in [-0.4, -0.2) is 27.8 Å². The normalized spacial score (nSPS) is 10.5. The second-order valence-electron chi connectivity index (χ2n) is 4.67. The van der Waals surface area contributed by atoms with Gasteiger partial charge in [0.2, 0.25) is 0 Å². The molecule has 0 unspecified atom stereocenters. The lowest BCUT2D eigenvalue weighted by molar-refractivity contribution is 0.311. The Bertz CT molecular complexity index is 636. The van der Waals surface area contributed by atoms with E-state index in [9.17, 15) is 0 Å². The van der Waals surface area contributed by atoms with E-state index in [0.717, 1.165) is 22.9 Å². The quantitative estimate of drug-likeness (QED) is 0.755. The first kappa shape index (κ1) is 13.4. The number of aliphatic hydroxyl groups excluding tert-OH is 1. The number of anilines is 1. The summed E-state index contributed by atoms with van der Waals surface area (Å²) in [6.07, 6.45) is 1.95. The van der Waals surface area contributed by atoms with Gasteiger partial charge in [0.05, 0.1) is 12.8 Å². The van der Waals surface area contributed by atoms with Crippen molar-refractivity contribution in [2.24, 2.45) is 0 Å². The molecule has 0 saturated heterocycles. The molecule has 0 radical (unpaired) electrons. The summed E-state index contributed by atoms with van der Waals surface area (Å²) in [6, 6.07) is 20.2. The van der Waals surface area contributed by atoms with Gasteiger partial charge in [0.25, 0.3) is 0 Å². The first-order chi connectivity index (χ1) is 10.4. The van der Waals surface area contributed by atoms with E-state index in [2.05, 4.69) is 14.9 Å². The Kier molecular flexibility index (Phi) is 3.98. The van der Waals surface area contributed by atoms with Gasteiger partial charge >= 0.3 is 0 Å². The number of nitrogens with one attached hydrogen (secondary N) is 1. The Hall–Kier alpha value is -2.59. The van der Waals surface area contributed by atoms with Crippen LogP contribution in [0.4, 0.5) is 5.82 Å². The fraction of sp³-hybridized carbons (Fsp3) is 0.118. The monoisotopic (exact) mass is 279 g/mol. The maximum absolute atomic E-state index is 8.94. The minimum atomic E-state index is 0.0822. The molecule has 0 spiro atoms. The smallest absolute Gasteiger partial charge is 0.147 e. The minimum Gasteiger partial charge on any atom is -0.395 e. The van der Waals surface area contributed by atoms with Crippen LogP contribution < -0.4 is 5.32 Å². The summed E-state index contributed by atoms with van der Waals surface area (Å²) in [7, 11) is 0. The van der Waals surface area contributed by atoms with Crippen LogP contribution in [0.3, 0.4) is 0 Å². The highest BCUT2D eigenvalue weighted by Crippen LogP contribution is 2.24.